The monoisotopic (exact) mass is 121 g/mol. The van der Waals surface area contributed by atoms with E-state index in [9.17, 15) is 8.78 Å². The van der Waals surface area contributed by atoms with Gasteiger partial charge in [0, 0.05) is 13.1 Å². The van der Waals surface area contributed by atoms with Crippen molar-refractivity contribution < 1.29 is 8.78 Å². The fraction of sp³-hybridized carbons (Fsp3) is 1.00. The average molecular weight is 121 g/mol. The third kappa shape index (κ3) is 0.708. The van der Waals surface area contributed by atoms with Gasteiger partial charge in [-0.05, 0) is 0 Å². The molecule has 8 heavy (non-hydrogen) atoms. The van der Waals surface area contributed by atoms with Crippen molar-refractivity contribution in [2.75, 3.05) is 13.1 Å². The fourth-order valence-electron chi connectivity index (χ4n) is 0.674. The molecule has 1 aliphatic heterocycles. The van der Waals surface area contributed by atoms with Gasteiger partial charge in [0.05, 0.1) is 5.41 Å². The van der Waals surface area contributed by atoms with Gasteiger partial charge in [0.25, 0.3) is 0 Å². The summed E-state index contributed by atoms with van der Waals surface area (Å²) in [4.78, 5) is 0. The molecule has 1 aliphatic rings. The molecule has 0 aromatic carbocycles. The Morgan fingerprint density at radius 1 is 1.50 bits per heavy atom. The van der Waals surface area contributed by atoms with Gasteiger partial charge in [-0.15, -0.1) is 0 Å². The van der Waals surface area contributed by atoms with Crippen LogP contribution in [0.1, 0.15) is 6.92 Å². The molecule has 0 aliphatic carbocycles. The Labute approximate surface area is 47.1 Å². The molecular formula is C5H9F2N. The molecule has 0 spiro atoms. The first-order chi connectivity index (χ1) is 3.65. The maximum Gasteiger partial charge on any atom is 0.246 e. The molecular weight excluding hydrogens is 112 g/mol. The lowest BCUT2D eigenvalue weighted by Gasteiger charge is -2.38. The second kappa shape index (κ2) is 1.65. The van der Waals surface area contributed by atoms with Crippen molar-refractivity contribution in [2.45, 2.75) is 13.3 Å². The van der Waals surface area contributed by atoms with Crippen LogP contribution in [0.15, 0.2) is 0 Å². The van der Waals surface area contributed by atoms with Gasteiger partial charge in [0.2, 0.25) is 6.43 Å². The lowest BCUT2D eigenvalue weighted by molar-refractivity contribution is -0.0276. The van der Waals surface area contributed by atoms with Crippen LogP contribution >= 0.6 is 0 Å². The van der Waals surface area contributed by atoms with Gasteiger partial charge in [0.1, 0.15) is 0 Å². The lowest BCUT2D eigenvalue weighted by atomic mass is 9.85. The van der Waals surface area contributed by atoms with Crippen molar-refractivity contribution in [1.82, 2.24) is 5.32 Å². The molecule has 1 rings (SSSR count). The zero-order valence-electron chi connectivity index (χ0n) is 4.75. The van der Waals surface area contributed by atoms with E-state index in [-0.39, 0.29) is 0 Å². The number of nitrogens with one attached hydrogen (secondary N) is 1. The lowest BCUT2D eigenvalue weighted by Crippen LogP contribution is -2.55. The molecule has 0 unspecified atom stereocenters. The summed E-state index contributed by atoms with van der Waals surface area (Å²) in [7, 11) is 0. The SMILES string of the molecule is CC1(C(F)F)CNC1. The summed E-state index contributed by atoms with van der Waals surface area (Å²) in [5.74, 6) is 0. The normalized spacial score (nSPS) is 25.5. The van der Waals surface area contributed by atoms with E-state index in [4.69, 9.17) is 0 Å². The summed E-state index contributed by atoms with van der Waals surface area (Å²) < 4.78 is 23.6. The summed E-state index contributed by atoms with van der Waals surface area (Å²) in [5.41, 5.74) is -0.722. The third-order valence-electron chi connectivity index (χ3n) is 1.58. The Balaban J connectivity index is 2.41. The van der Waals surface area contributed by atoms with Crippen LogP contribution < -0.4 is 5.32 Å². The van der Waals surface area contributed by atoms with Crippen LogP contribution in [-0.4, -0.2) is 19.5 Å². The smallest absolute Gasteiger partial charge is 0.246 e. The zero-order valence-corrected chi connectivity index (χ0v) is 4.75. The summed E-state index contributed by atoms with van der Waals surface area (Å²) >= 11 is 0. The van der Waals surface area contributed by atoms with Gasteiger partial charge in [-0.3, -0.25) is 0 Å². The second-order valence-electron chi connectivity index (χ2n) is 2.56. The molecule has 1 heterocycles. The average Bonchev–Trinajstić information content (AvgIpc) is 1.60. The minimum Gasteiger partial charge on any atom is -0.315 e. The number of alkyl halides is 2. The van der Waals surface area contributed by atoms with Gasteiger partial charge < -0.3 is 5.32 Å². The van der Waals surface area contributed by atoms with Gasteiger partial charge >= 0.3 is 0 Å². The van der Waals surface area contributed by atoms with E-state index in [2.05, 4.69) is 5.32 Å². The van der Waals surface area contributed by atoms with Gasteiger partial charge in [-0.1, -0.05) is 6.92 Å². The van der Waals surface area contributed by atoms with Crippen LogP contribution in [0.4, 0.5) is 8.78 Å². The largest absolute Gasteiger partial charge is 0.315 e. The van der Waals surface area contributed by atoms with Gasteiger partial charge in [0.15, 0.2) is 0 Å². The third-order valence-corrected chi connectivity index (χ3v) is 1.58. The first-order valence-electron chi connectivity index (χ1n) is 2.64. The van der Waals surface area contributed by atoms with Crippen molar-refractivity contribution in [2.24, 2.45) is 5.41 Å². The molecule has 0 aromatic heterocycles. The van der Waals surface area contributed by atoms with E-state index in [1.165, 1.54) is 0 Å². The molecule has 0 amide bonds. The fourth-order valence-corrected chi connectivity index (χ4v) is 0.674. The van der Waals surface area contributed by atoms with Crippen molar-refractivity contribution in [3.63, 3.8) is 0 Å². The minimum absolute atomic E-state index is 0.463. The Bertz CT molecular complexity index is 88.4. The highest BCUT2D eigenvalue weighted by Crippen LogP contribution is 2.28. The van der Waals surface area contributed by atoms with E-state index in [0.717, 1.165) is 0 Å². The molecule has 0 aromatic rings. The number of rotatable bonds is 1. The number of hydrogen-bond acceptors (Lipinski definition) is 1. The van der Waals surface area contributed by atoms with Crippen LogP contribution in [0, 0.1) is 5.41 Å². The predicted molar refractivity (Wildman–Crippen MR) is 27.0 cm³/mol. The molecule has 1 N–H and O–H groups in total. The first-order valence-corrected chi connectivity index (χ1v) is 2.64. The maximum absolute atomic E-state index is 11.8. The molecule has 0 atom stereocenters. The van der Waals surface area contributed by atoms with Crippen LogP contribution in [0.3, 0.4) is 0 Å². The van der Waals surface area contributed by atoms with Crippen LogP contribution in [0.5, 0.6) is 0 Å². The highest BCUT2D eigenvalue weighted by molar-refractivity contribution is 4.89. The van der Waals surface area contributed by atoms with E-state index in [1.54, 1.807) is 6.92 Å². The molecule has 3 heteroatoms. The van der Waals surface area contributed by atoms with Crippen LogP contribution in [-0.2, 0) is 0 Å². The second-order valence-corrected chi connectivity index (χ2v) is 2.56. The highest BCUT2D eigenvalue weighted by Gasteiger charge is 2.40. The van der Waals surface area contributed by atoms with E-state index in [0.29, 0.717) is 13.1 Å². The minimum atomic E-state index is -2.16. The molecule has 1 nitrogen and oxygen atoms in total. The Hall–Kier alpha value is -0.180. The Kier molecular flexibility index (Phi) is 1.23. The van der Waals surface area contributed by atoms with Crippen LogP contribution in [0.25, 0.3) is 0 Å². The molecule has 48 valence electrons. The molecule has 0 radical (unpaired) electrons. The molecule has 1 fully saturated rings. The van der Waals surface area contributed by atoms with Crippen molar-refractivity contribution in [3.8, 4) is 0 Å². The predicted octanol–water partition coefficient (Wildman–Crippen LogP) is 0.861. The Morgan fingerprint density at radius 3 is 2.00 bits per heavy atom. The van der Waals surface area contributed by atoms with E-state index >= 15 is 0 Å². The van der Waals surface area contributed by atoms with Crippen molar-refractivity contribution in [3.05, 3.63) is 0 Å². The molecule has 1 saturated heterocycles. The highest BCUT2D eigenvalue weighted by atomic mass is 19.3. The summed E-state index contributed by atoms with van der Waals surface area (Å²) in [5, 5.41) is 2.80. The Morgan fingerprint density at radius 2 is 2.00 bits per heavy atom. The summed E-state index contributed by atoms with van der Waals surface area (Å²) in [6, 6.07) is 0. The van der Waals surface area contributed by atoms with E-state index < -0.39 is 11.8 Å². The molecule has 0 bridgehead atoms. The molecule has 0 saturated carbocycles. The zero-order chi connectivity index (χ0) is 6.20. The van der Waals surface area contributed by atoms with Gasteiger partial charge in [-0.2, -0.15) is 0 Å². The summed E-state index contributed by atoms with van der Waals surface area (Å²) in [6.07, 6.45) is -2.16. The summed E-state index contributed by atoms with van der Waals surface area (Å²) in [6.45, 7) is 2.52. The van der Waals surface area contributed by atoms with Gasteiger partial charge in [-0.25, -0.2) is 8.78 Å². The van der Waals surface area contributed by atoms with Crippen molar-refractivity contribution >= 4 is 0 Å². The van der Waals surface area contributed by atoms with E-state index in [1.807, 2.05) is 0 Å². The standard InChI is InChI=1S/C5H9F2N/c1-5(4(6)7)2-8-3-5/h4,8H,2-3H2,1H3. The van der Waals surface area contributed by atoms with Crippen molar-refractivity contribution in [1.29, 1.82) is 0 Å². The topological polar surface area (TPSA) is 12.0 Å². The van der Waals surface area contributed by atoms with Crippen LogP contribution in [0.2, 0.25) is 0 Å². The first kappa shape index (κ1) is 5.95. The number of hydrogen-bond donors (Lipinski definition) is 1. The quantitative estimate of drug-likeness (QED) is 0.542. The maximum atomic E-state index is 11.8. The number of halogens is 2.